The molecule has 1 fully saturated rings. The van der Waals surface area contributed by atoms with Crippen LogP contribution in [0.1, 0.15) is 50.5 Å². The first-order valence-electron chi connectivity index (χ1n) is 9.77. The first-order valence-corrected chi connectivity index (χ1v) is 9.77. The molecule has 2 aromatic rings. The molecule has 0 N–H and O–H groups in total. The molecule has 1 saturated carbocycles. The van der Waals surface area contributed by atoms with Crippen molar-refractivity contribution >= 4 is 5.97 Å². The van der Waals surface area contributed by atoms with Crippen molar-refractivity contribution in [3.8, 4) is 11.5 Å². The second-order valence-electron chi connectivity index (χ2n) is 7.08. The average Bonchev–Trinajstić information content (AvgIpc) is 3.48. The zero-order valence-corrected chi connectivity index (χ0v) is 15.4. The summed E-state index contributed by atoms with van der Waals surface area (Å²) < 4.78 is 11.2. The van der Waals surface area contributed by atoms with E-state index in [1.54, 1.807) is 0 Å². The highest BCUT2D eigenvalue weighted by molar-refractivity contribution is 5.69. The third kappa shape index (κ3) is 6.91. The highest BCUT2D eigenvalue weighted by atomic mass is 16.5. The first-order chi connectivity index (χ1) is 12.8. The van der Waals surface area contributed by atoms with E-state index in [1.807, 2.05) is 48.5 Å². The summed E-state index contributed by atoms with van der Waals surface area (Å²) >= 11 is 0. The summed E-state index contributed by atoms with van der Waals surface area (Å²) in [6, 6.07) is 17.9. The summed E-state index contributed by atoms with van der Waals surface area (Å²) in [5, 5.41) is 0. The van der Waals surface area contributed by atoms with Crippen molar-refractivity contribution in [1.82, 2.24) is 0 Å². The maximum atomic E-state index is 11.7. The van der Waals surface area contributed by atoms with Gasteiger partial charge >= 0.3 is 5.97 Å². The summed E-state index contributed by atoms with van der Waals surface area (Å²) in [5.41, 5.74) is 1.19. The number of rotatable bonds is 11. The number of hydrogen-bond acceptors (Lipinski definition) is 3. The molecule has 0 unspecified atom stereocenters. The van der Waals surface area contributed by atoms with Crippen LogP contribution in [-0.4, -0.2) is 12.6 Å². The van der Waals surface area contributed by atoms with Crippen LogP contribution in [-0.2, 0) is 16.0 Å². The molecule has 0 saturated heterocycles. The Morgan fingerprint density at radius 1 is 0.923 bits per heavy atom. The lowest BCUT2D eigenvalue weighted by Gasteiger charge is -2.08. The molecule has 138 valence electrons. The van der Waals surface area contributed by atoms with Crippen LogP contribution in [0.15, 0.2) is 54.6 Å². The van der Waals surface area contributed by atoms with Crippen molar-refractivity contribution in [2.24, 2.45) is 5.92 Å². The van der Waals surface area contributed by atoms with Crippen LogP contribution < -0.4 is 4.74 Å². The van der Waals surface area contributed by atoms with E-state index >= 15 is 0 Å². The molecule has 0 amide bonds. The van der Waals surface area contributed by atoms with E-state index in [4.69, 9.17) is 9.47 Å². The molecule has 0 heterocycles. The van der Waals surface area contributed by atoms with E-state index in [1.165, 1.54) is 24.8 Å². The van der Waals surface area contributed by atoms with E-state index in [-0.39, 0.29) is 5.97 Å². The quantitative estimate of drug-likeness (QED) is 0.372. The van der Waals surface area contributed by atoms with Crippen molar-refractivity contribution in [3.05, 3.63) is 60.2 Å². The number of hydrogen-bond donors (Lipinski definition) is 0. The lowest BCUT2D eigenvalue weighted by atomic mass is 10.1. The zero-order chi connectivity index (χ0) is 18.0. The van der Waals surface area contributed by atoms with E-state index in [0.29, 0.717) is 13.0 Å². The predicted molar refractivity (Wildman–Crippen MR) is 103 cm³/mol. The maximum Gasteiger partial charge on any atom is 0.305 e. The van der Waals surface area contributed by atoms with Crippen LogP contribution in [0.3, 0.4) is 0 Å². The molecule has 3 rings (SSSR count). The van der Waals surface area contributed by atoms with Gasteiger partial charge in [0.05, 0.1) is 6.61 Å². The fourth-order valence-corrected chi connectivity index (χ4v) is 3.03. The van der Waals surface area contributed by atoms with Crippen LogP contribution in [0, 0.1) is 5.92 Å². The van der Waals surface area contributed by atoms with Crippen LogP contribution >= 0.6 is 0 Å². The molecular formula is C23H28O3. The minimum Gasteiger partial charge on any atom is -0.466 e. The average molecular weight is 352 g/mol. The summed E-state index contributed by atoms with van der Waals surface area (Å²) in [4.78, 5) is 11.7. The highest BCUT2D eigenvalue weighted by Crippen LogP contribution is 2.34. The normalized spacial score (nSPS) is 13.4. The molecule has 3 nitrogen and oxygen atoms in total. The fourth-order valence-electron chi connectivity index (χ4n) is 3.03. The molecule has 2 aromatic carbocycles. The van der Waals surface area contributed by atoms with Gasteiger partial charge in [-0.1, -0.05) is 56.0 Å². The lowest BCUT2D eigenvalue weighted by molar-refractivity contribution is -0.143. The van der Waals surface area contributed by atoms with E-state index in [9.17, 15) is 4.79 Å². The number of esters is 1. The molecule has 1 aliphatic rings. The molecule has 3 heteroatoms. The second-order valence-corrected chi connectivity index (χ2v) is 7.08. The largest absolute Gasteiger partial charge is 0.466 e. The van der Waals surface area contributed by atoms with Crippen molar-refractivity contribution < 1.29 is 14.3 Å². The predicted octanol–water partition coefficient (Wildman–Crippen LogP) is 5.93. The molecule has 0 atom stereocenters. The number of benzene rings is 2. The molecule has 26 heavy (non-hydrogen) atoms. The topological polar surface area (TPSA) is 35.5 Å². The number of aryl methyl sites for hydroxylation is 1. The van der Waals surface area contributed by atoms with Gasteiger partial charge < -0.3 is 9.47 Å². The second kappa shape index (κ2) is 10.0. The van der Waals surface area contributed by atoms with Gasteiger partial charge in [0.2, 0.25) is 0 Å². The first kappa shape index (κ1) is 18.5. The van der Waals surface area contributed by atoms with Crippen molar-refractivity contribution in [2.45, 2.75) is 51.4 Å². The van der Waals surface area contributed by atoms with E-state index in [0.717, 1.165) is 43.1 Å². The number of ether oxygens (including phenoxy) is 2. The Balaban J connectivity index is 1.31. The molecule has 0 aromatic heterocycles. The lowest BCUT2D eigenvalue weighted by Crippen LogP contribution is -2.06. The number of unbranched alkanes of at least 4 members (excludes halogenated alkanes) is 1. The Morgan fingerprint density at radius 3 is 2.54 bits per heavy atom. The standard InChI is InChI=1S/C23H28O3/c24-23(14-5-4-8-19-15-16-19)25-17-7-10-20-9-6-13-22(18-20)26-21-11-2-1-3-12-21/h1-3,6,9,11-13,18-19H,4-5,7-8,10,14-17H2. The fraction of sp³-hybridized carbons (Fsp3) is 0.435. The van der Waals surface area contributed by atoms with Crippen LogP contribution in [0.4, 0.5) is 0 Å². The molecule has 0 spiro atoms. The Kier molecular flexibility index (Phi) is 7.12. The van der Waals surface area contributed by atoms with Crippen molar-refractivity contribution in [2.75, 3.05) is 6.61 Å². The highest BCUT2D eigenvalue weighted by Gasteiger charge is 2.20. The van der Waals surface area contributed by atoms with Gasteiger partial charge in [-0.15, -0.1) is 0 Å². The number of carbonyl (C=O) groups excluding carboxylic acids is 1. The van der Waals surface area contributed by atoms with Crippen molar-refractivity contribution in [3.63, 3.8) is 0 Å². The molecule has 0 bridgehead atoms. The van der Waals surface area contributed by atoms with Crippen LogP contribution in [0.25, 0.3) is 0 Å². The van der Waals surface area contributed by atoms with Gasteiger partial charge in [0.25, 0.3) is 0 Å². The SMILES string of the molecule is O=C(CCCCC1CC1)OCCCc1cccc(Oc2ccccc2)c1. The minimum atomic E-state index is -0.0537. The Labute approximate surface area is 156 Å². The van der Waals surface area contributed by atoms with Gasteiger partial charge in [0.1, 0.15) is 11.5 Å². The Hall–Kier alpha value is -2.29. The Bertz CT molecular complexity index is 677. The van der Waals surface area contributed by atoms with Crippen LogP contribution in [0.5, 0.6) is 11.5 Å². The summed E-state index contributed by atoms with van der Waals surface area (Å²) in [7, 11) is 0. The van der Waals surface area contributed by atoms with Gasteiger partial charge in [-0.25, -0.2) is 0 Å². The third-order valence-corrected chi connectivity index (χ3v) is 4.69. The number of para-hydroxylation sites is 1. The molecule has 0 radical (unpaired) electrons. The minimum absolute atomic E-state index is 0.0537. The smallest absolute Gasteiger partial charge is 0.305 e. The van der Waals surface area contributed by atoms with Crippen LogP contribution in [0.2, 0.25) is 0 Å². The maximum absolute atomic E-state index is 11.7. The summed E-state index contributed by atoms with van der Waals surface area (Å²) in [5.74, 6) is 2.57. The van der Waals surface area contributed by atoms with Crippen molar-refractivity contribution in [1.29, 1.82) is 0 Å². The van der Waals surface area contributed by atoms with Gasteiger partial charge in [-0.2, -0.15) is 0 Å². The molecule has 1 aliphatic carbocycles. The molecule has 0 aliphatic heterocycles. The summed E-state index contributed by atoms with van der Waals surface area (Å²) in [6.07, 6.45) is 8.47. The van der Waals surface area contributed by atoms with E-state index < -0.39 is 0 Å². The number of carbonyl (C=O) groups is 1. The van der Waals surface area contributed by atoms with E-state index in [2.05, 4.69) is 6.07 Å². The van der Waals surface area contributed by atoms with Gasteiger partial charge in [-0.3, -0.25) is 4.79 Å². The monoisotopic (exact) mass is 352 g/mol. The third-order valence-electron chi connectivity index (χ3n) is 4.69. The van der Waals surface area contributed by atoms with Gasteiger partial charge in [0.15, 0.2) is 0 Å². The van der Waals surface area contributed by atoms with Gasteiger partial charge in [-0.05, 0) is 55.0 Å². The summed E-state index contributed by atoms with van der Waals surface area (Å²) in [6.45, 7) is 0.491. The molecular weight excluding hydrogens is 324 g/mol. The zero-order valence-electron chi connectivity index (χ0n) is 15.4. The Morgan fingerprint density at radius 2 is 1.73 bits per heavy atom. The van der Waals surface area contributed by atoms with Gasteiger partial charge in [0, 0.05) is 6.42 Å².